The number of aryl methyl sites for hydroxylation is 1. The number of alkyl halides is 3. The maximum Gasteiger partial charge on any atom is 0.490 e. The average molecular weight is 351 g/mol. The molecule has 0 saturated carbocycles. The molecule has 24 heavy (non-hydrogen) atoms. The Hall–Kier alpha value is -1.67. The number of ether oxygens (including phenoxy) is 1. The van der Waals surface area contributed by atoms with Crippen LogP contribution in [0.25, 0.3) is 0 Å². The molecule has 1 aromatic rings. The fourth-order valence-corrected chi connectivity index (χ4v) is 2.18. The van der Waals surface area contributed by atoms with Crippen molar-refractivity contribution in [1.29, 1.82) is 0 Å². The maximum absolute atomic E-state index is 12.7. The predicted molar refractivity (Wildman–Crippen MR) is 80.3 cm³/mol. The molecule has 1 saturated heterocycles. The maximum atomic E-state index is 12.7. The van der Waals surface area contributed by atoms with Crippen molar-refractivity contribution in [3.63, 3.8) is 0 Å². The summed E-state index contributed by atoms with van der Waals surface area (Å²) in [5.74, 6) is -2.91. The number of hydrogen-bond acceptors (Lipinski definition) is 3. The number of carboxylic acid groups (broad SMARTS) is 1. The molecule has 0 aromatic heterocycles. The summed E-state index contributed by atoms with van der Waals surface area (Å²) in [5, 5.41) is 7.12. The standard InChI is InChI=1S/C14H20FNO.C2HF3O2/c15-14-6-4-13(5-7-14)3-1-8-16-9-2-11-17-12-10-16;3-2(4,5)1(6)7/h4-7H,1-3,8-12H2;(H,6,7). The molecule has 0 bridgehead atoms. The number of halogens is 4. The fourth-order valence-electron chi connectivity index (χ4n) is 2.18. The summed E-state index contributed by atoms with van der Waals surface area (Å²) in [7, 11) is 0. The van der Waals surface area contributed by atoms with Crippen LogP contribution in [0.1, 0.15) is 18.4 Å². The van der Waals surface area contributed by atoms with Gasteiger partial charge in [-0.1, -0.05) is 12.1 Å². The predicted octanol–water partition coefficient (Wildman–Crippen LogP) is 3.11. The second-order valence-electron chi connectivity index (χ2n) is 5.34. The number of hydrogen-bond donors (Lipinski definition) is 1. The normalized spacial score (nSPS) is 16.0. The summed E-state index contributed by atoms with van der Waals surface area (Å²) in [6.07, 6.45) is -1.79. The topological polar surface area (TPSA) is 49.8 Å². The van der Waals surface area contributed by atoms with E-state index in [1.54, 1.807) is 0 Å². The van der Waals surface area contributed by atoms with Gasteiger partial charge in [-0.2, -0.15) is 13.2 Å². The average Bonchev–Trinajstić information content (AvgIpc) is 2.78. The Morgan fingerprint density at radius 1 is 1.17 bits per heavy atom. The van der Waals surface area contributed by atoms with E-state index in [2.05, 4.69) is 4.90 Å². The van der Waals surface area contributed by atoms with Gasteiger partial charge in [0.15, 0.2) is 0 Å². The van der Waals surface area contributed by atoms with Crippen LogP contribution in [-0.4, -0.2) is 55.0 Å². The lowest BCUT2D eigenvalue weighted by Gasteiger charge is -2.18. The Bertz CT molecular complexity index is 483. The van der Waals surface area contributed by atoms with Crippen LogP contribution in [0.15, 0.2) is 24.3 Å². The van der Waals surface area contributed by atoms with Gasteiger partial charge in [-0.25, -0.2) is 9.18 Å². The molecule has 1 heterocycles. The molecule has 8 heteroatoms. The number of carboxylic acids is 1. The van der Waals surface area contributed by atoms with Gasteiger partial charge in [-0.15, -0.1) is 0 Å². The first-order chi connectivity index (χ1) is 11.3. The van der Waals surface area contributed by atoms with Gasteiger partial charge in [0.25, 0.3) is 0 Å². The molecular formula is C16H21F4NO3. The van der Waals surface area contributed by atoms with Crippen molar-refractivity contribution in [1.82, 2.24) is 4.90 Å². The molecule has 1 N–H and O–H groups in total. The zero-order chi connectivity index (χ0) is 18.0. The third-order valence-corrected chi connectivity index (χ3v) is 3.41. The van der Waals surface area contributed by atoms with Crippen molar-refractivity contribution >= 4 is 5.97 Å². The summed E-state index contributed by atoms with van der Waals surface area (Å²) >= 11 is 0. The summed E-state index contributed by atoms with van der Waals surface area (Å²) < 4.78 is 49.9. The quantitative estimate of drug-likeness (QED) is 0.847. The van der Waals surface area contributed by atoms with Crippen LogP contribution < -0.4 is 0 Å². The highest BCUT2D eigenvalue weighted by Gasteiger charge is 2.38. The van der Waals surface area contributed by atoms with E-state index < -0.39 is 12.1 Å². The highest BCUT2D eigenvalue weighted by atomic mass is 19.4. The molecule has 0 aliphatic carbocycles. The molecule has 1 aliphatic heterocycles. The van der Waals surface area contributed by atoms with Crippen molar-refractivity contribution in [3.8, 4) is 0 Å². The summed E-state index contributed by atoms with van der Waals surface area (Å²) in [6.45, 7) is 5.05. The van der Waals surface area contributed by atoms with E-state index in [4.69, 9.17) is 14.6 Å². The first-order valence-electron chi connectivity index (χ1n) is 7.63. The number of rotatable bonds is 4. The Morgan fingerprint density at radius 2 is 1.79 bits per heavy atom. The van der Waals surface area contributed by atoms with Crippen LogP contribution in [-0.2, 0) is 16.0 Å². The molecule has 2 rings (SSSR count). The molecule has 1 aromatic carbocycles. The minimum atomic E-state index is -5.08. The second-order valence-corrected chi connectivity index (χ2v) is 5.34. The monoisotopic (exact) mass is 351 g/mol. The van der Waals surface area contributed by atoms with Gasteiger partial charge in [-0.05, 0) is 43.5 Å². The smallest absolute Gasteiger partial charge is 0.475 e. The lowest BCUT2D eigenvalue weighted by Crippen LogP contribution is -2.27. The summed E-state index contributed by atoms with van der Waals surface area (Å²) in [4.78, 5) is 11.4. The molecule has 4 nitrogen and oxygen atoms in total. The SMILES string of the molecule is Fc1ccc(CCCN2CCCOCC2)cc1.O=C(O)C(F)(F)F. The van der Waals surface area contributed by atoms with E-state index in [1.807, 2.05) is 12.1 Å². The molecule has 1 aliphatic rings. The van der Waals surface area contributed by atoms with Gasteiger partial charge in [-0.3, -0.25) is 0 Å². The molecule has 1 fully saturated rings. The van der Waals surface area contributed by atoms with Crippen LogP contribution in [0.4, 0.5) is 17.6 Å². The number of nitrogens with zero attached hydrogens (tertiary/aromatic N) is 1. The van der Waals surface area contributed by atoms with Crippen molar-refractivity contribution in [3.05, 3.63) is 35.6 Å². The molecule has 0 amide bonds. The van der Waals surface area contributed by atoms with Gasteiger partial charge < -0.3 is 14.7 Å². The largest absolute Gasteiger partial charge is 0.490 e. The summed E-state index contributed by atoms with van der Waals surface area (Å²) in [6, 6.07) is 6.83. The number of carbonyl (C=O) groups is 1. The van der Waals surface area contributed by atoms with Crippen LogP contribution >= 0.6 is 0 Å². The van der Waals surface area contributed by atoms with Gasteiger partial charge in [0.1, 0.15) is 5.82 Å². The van der Waals surface area contributed by atoms with Crippen LogP contribution in [0, 0.1) is 5.82 Å². The number of aliphatic carboxylic acids is 1. The van der Waals surface area contributed by atoms with E-state index in [-0.39, 0.29) is 5.82 Å². The third kappa shape index (κ3) is 8.83. The first-order valence-corrected chi connectivity index (χ1v) is 7.63. The molecule has 0 spiro atoms. The van der Waals surface area contributed by atoms with Crippen molar-refractivity contribution in [2.45, 2.75) is 25.4 Å². The van der Waals surface area contributed by atoms with Crippen LogP contribution in [0.2, 0.25) is 0 Å². The van der Waals surface area contributed by atoms with Crippen molar-refractivity contribution in [2.24, 2.45) is 0 Å². The minimum Gasteiger partial charge on any atom is -0.475 e. The van der Waals surface area contributed by atoms with Crippen molar-refractivity contribution in [2.75, 3.05) is 32.8 Å². The second kappa shape index (κ2) is 10.2. The molecule has 0 atom stereocenters. The van der Waals surface area contributed by atoms with E-state index in [1.165, 1.54) is 17.7 Å². The zero-order valence-corrected chi connectivity index (χ0v) is 13.2. The molecule has 136 valence electrons. The van der Waals surface area contributed by atoms with Crippen LogP contribution in [0.5, 0.6) is 0 Å². The zero-order valence-electron chi connectivity index (χ0n) is 13.2. The Kier molecular flexibility index (Phi) is 8.70. The lowest BCUT2D eigenvalue weighted by atomic mass is 10.1. The van der Waals surface area contributed by atoms with E-state index >= 15 is 0 Å². The van der Waals surface area contributed by atoms with Gasteiger partial charge in [0.05, 0.1) is 6.61 Å². The highest BCUT2D eigenvalue weighted by Crippen LogP contribution is 2.13. The van der Waals surface area contributed by atoms with Gasteiger partial charge in [0.2, 0.25) is 0 Å². The van der Waals surface area contributed by atoms with E-state index in [0.29, 0.717) is 0 Å². The number of benzene rings is 1. The fraction of sp³-hybridized carbons (Fsp3) is 0.562. The Labute approximate surface area is 138 Å². The van der Waals surface area contributed by atoms with Gasteiger partial charge in [0, 0.05) is 19.7 Å². The van der Waals surface area contributed by atoms with Crippen LogP contribution in [0.3, 0.4) is 0 Å². The molecule has 0 radical (unpaired) electrons. The van der Waals surface area contributed by atoms with E-state index in [9.17, 15) is 17.6 Å². The molecular weight excluding hydrogens is 330 g/mol. The Morgan fingerprint density at radius 3 is 2.38 bits per heavy atom. The van der Waals surface area contributed by atoms with Crippen molar-refractivity contribution < 1.29 is 32.2 Å². The molecule has 0 unspecified atom stereocenters. The van der Waals surface area contributed by atoms with Gasteiger partial charge >= 0.3 is 12.1 Å². The Balaban J connectivity index is 0.000000351. The third-order valence-electron chi connectivity index (χ3n) is 3.41. The summed E-state index contributed by atoms with van der Waals surface area (Å²) in [5.41, 5.74) is 1.22. The first kappa shape index (κ1) is 20.4. The van der Waals surface area contributed by atoms with E-state index in [0.717, 1.165) is 52.1 Å². The highest BCUT2D eigenvalue weighted by molar-refractivity contribution is 5.73. The lowest BCUT2D eigenvalue weighted by molar-refractivity contribution is -0.192. The minimum absolute atomic E-state index is 0.154.